The number of aliphatic hydroxyl groups excluding tert-OH is 1. The molecule has 0 aliphatic heterocycles. The van der Waals surface area contributed by atoms with Crippen LogP contribution in [0.2, 0.25) is 0 Å². The van der Waals surface area contributed by atoms with Crippen LogP contribution in [-0.4, -0.2) is 42.5 Å². The number of aromatic nitrogens is 2. The van der Waals surface area contributed by atoms with E-state index in [0.29, 0.717) is 23.1 Å². The molecule has 2 aromatic rings. The summed E-state index contributed by atoms with van der Waals surface area (Å²) in [5, 5.41) is 10.7. The van der Waals surface area contributed by atoms with E-state index in [1.54, 1.807) is 24.3 Å². The third-order valence-electron chi connectivity index (χ3n) is 4.30. The molecule has 1 aromatic carbocycles. The molecular weight excluding hydrogens is 423 g/mol. The van der Waals surface area contributed by atoms with Gasteiger partial charge in [-0.25, -0.2) is 0 Å². The zero-order valence-corrected chi connectivity index (χ0v) is 19.3. The molecule has 172 valence electrons. The van der Waals surface area contributed by atoms with Crippen LogP contribution in [0.15, 0.2) is 30.3 Å². The average molecular weight is 454 g/mol. The van der Waals surface area contributed by atoms with E-state index in [4.69, 9.17) is 23.3 Å². The molecule has 31 heavy (non-hydrogen) atoms. The Morgan fingerprint density at radius 3 is 1.90 bits per heavy atom. The van der Waals surface area contributed by atoms with Crippen LogP contribution in [0.25, 0.3) is 0 Å². The van der Waals surface area contributed by atoms with Gasteiger partial charge in [0.25, 0.3) is 0 Å². The van der Waals surface area contributed by atoms with Crippen LogP contribution in [0.4, 0.5) is 0 Å². The molecule has 0 radical (unpaired) electrons. The average Bonchev–Trinajstić information content (AvgIpc) is 2.79. The van der Waals surface area contributed by atoms with Gasteiger partial charge in [0.05, 0.1) is 33.5 Å². The summed E-state index contributed by atoms with van der Waals surface area (Å²) in [6.45, 7) is 4.52. The zero-order chi connectivity index (χ0) is 22.7. The third kappa shape index (κ3) is 7.47. The summed E-state index contributed by atoms with van der Waals surface area (Å²) < 4.78 is 40.1. The number of methoxy groups -OCH3 is 2. The number of nitrogens with zero attached hydrogens (tertiary/aromatic N) is 2. The number of benzene rings is 1. The molecule has 1 heterocycles. The lowest BCUT2D eigenvalue weighted by atomic mass is 10.2. The molecule has 10 heteroatoms. The Morgan fingerprint density at radius 1 is 0.935 bits per heavy atom. The third-order valence-corrected chi connectivity index (χ3v) is 6.28. The Morgan fingerprint density at radius 2 is 1.45 bits per heavy atom. The molecule has 0 spiro atoms. The lowest BCUT2D eigenvalue weighted by Gasteiger charge is -2.23. The highest BCUT2D eigenvalue weighted by Gasteiger charge is 2.36. The molecule has 1 N–H and O–H groups in total. The van der Waals surface area contributed by atoms with Gasteiger partial charge in [-0.3, -0.25) is 4.57 Å². The quantitative estimate of drug-likeness (QED) is 0.308. The summed E-state index contributed by atoms with van der Waals surface area (Å²) >= 11 is 0. The van der Waals surface area contributed by atoms with Crippen LogP contribution in [0.5, 0.6) is 23.5 Å². The smallest absolute Gasteiger partial charge is 0.363 e. The molecule has 0 amide bonds. The fourth-order valence-corrected chi connectivity index (χ4v) is 4.15. The van der Waals surface area contributed by atoms with E-state index in [2.05, 4.69) is 9.97 Å². The zero-order valence-electron chi connectivity index (χ0n) is 18.4. The first-order valence-corrected chi connectivity index (χ1v) is 11.9. The first-order chi connectivity index (χ1) is 15.0. The van der Waals surface area contributed by atoms with Gasteiger partial charge in [0.2, 0.25) is 11.8 Å². The first-order valence-electron chi connectivity index (χ1n) is 10.3. The molecule has 1 atom stereocenters. The van der Waals surface area contributed by atoms with Crippen LogP contribution in [0.3, 0.4) is 0 Å². The van der Waals surface area contributed by atoms with E-state index in [9.17, 15) is 9.67 Å². The van der Waals surface area contributed by atoms with Crippen molar-refractivity contribution in [3.05, 3.63) is 35.9 Å². The summed E-state index contributed by atoms with van der Waals surface area (Å²) in [5.41, 5.74) is 0.396. The molecule has 2 rings (SSSR count). The fourth-order valence-electron chi connectivity index (χ4n) is 2.49. The van der Waals surface area contributed by atoms with Crippen molar-refractivity contribution < 1.29 is 32.9 Å². The summed E-state index contributed by atoms with van der Waals surface area (Å²) in [6.07, 6.45) is 3.22. The van der Waals surface area contributed by atoms with Gasteiger partial charge in [-0.05, 0) is 30.5 Å². The molecule has 0 saturated carbocycles. The van der Waals surface area contributed by atoms with Gasteiger partial charge < -0.3 is 28.4 Å². The highest BCUT2D eigenvalue weighted by atomic mass is 31.2. The Balaban J connectivity index is 2.14. The normalized spacial score (nSPS) is 12.4. The van der Waals surface area contributed by atoms with Gasteiger partial charge in [-0.2, -0.15) is 9.97 Å². The second-order valence-electron chi connectivity index (χ2n) is 6.69. The Labute approximate surface area is 183 Å². The number of aliphatic hydroxyl groups is 1. The summed E-state index contributed by atoms with van der Waals surface area (Å²) in [7, 11) is -0.783. The Kier molecular flexibility index (Phi) is 10.2. The number of ether oxygens (including phenoxy) is 3. The van der Waals surface area contributed by atoms with E-state index in [0.717, 1.165) is 25.7 Å². The largest absolute Gasteiger partial charge is 0.481 e. The summed E-state index contributed by atoms with van der Waals surface area (Å²) in [6, 6.07) is 7.97. The minimum absolute atomic E-state index is 0.0426. The van der Waals surface area contributed by atoms with Crippen molar-refractivity contribution in [3.63, 3.8) is 0 Å². The number of rotatable bonds is 14. The minimum atomic E-state index is -3.74. The van der Waals surface area contributed by atoms with Crippen molar-refractivity contribution >= 4 is 7.60 Å². The number of unbranched alkanes of at least 4 members (excludes halogenated alkanes) is 2. The van der Waals surface area contributed by atoms with Crippen LogP contribution in [0.1, 0.15) is 50.9 Å². The van der Waals surface area contributed by atoms with Crippen LogP contribution in [-0.2, 0) is 13.6 Å². The van der Waals surface area contributed by atoms with E-state index < -0.39 is 13.4 Å². The predicted octanol–water partition coefficient (Wildman–Crippen LogP) is 5.10. The van der Waals surface area contributed by atoms with Crippen molar-refractivity contribution in [2.24, 2.45) is 0 Å². The predicted molar refractivity (Wildman–Crippen MR) is 116 cm³/mol. The van der Waals surface area contributed by atoms with Crippen molar-refractivity contribution in [2.75, 3.05) is 27.4 Å². The van der Waals surface area contributed by atoms with Crippen molar-refractivity contribution in [1.82, 2.24) is 9.97 Å². The van der Waals surface area contributed by atoms with Crippen molar-refractivity contribution in [3.8, 4) is 23.5 Å². The van der Waals surface area contributed by atoms with Gasteiger partial charge >= 0.3 is 13.6 Å². The van der Waals surface area contributed by atoms with Crippen molar-refractivity contribution in [2.45, 2.75) is 45.4 Å². The highest BCUT2D eigenvalue weighted by Crippen LogP contribution is 2.60. The Hall–Kier alpha value is -2.19. The molecule has 0 bridgehead atoms. The van der Waals surface area contributed by atoms with Crippen molar-refractivity contribution in [1.29, 1.82) is 0 Å². The second-order valence-corrected chi connectivity index (χ2v) is 8.78. The summed E-state index contributed by atoms with van der Waals surface area (Å²) in [5.74, 6) is -0.394. The molecule has 0 aliphatic rings. The molecule has 9 nitrogen and oxygen atoms in total. The topological polar surface area (TPSA) is 109 Å². The van der Waals surface area contributed by atoms with E-state index >= 15 is 0 Å². The standard InChI is InChI=1S/C21H31N2O7P/c1-5-7-13-28-31(25,29-14-8-6-2)20(24)16-9-11-17(12-10-16)30-21-22-18(26-3)15-19(23-21)27-4/h9-12,15,20,24H,5-8,13-14H2,1-4H3. The van der Waals surface area contributed by atoms with Crippen LogP contribution in [0, 0.1) is 0 Å². The maximum Gasteiger partial charge on any atom is 0.363 e. The highest BCUT2D eigenvalue weighted by molar-refractivity contribution is 7.54. The van der Waals surface area contributed by atoms with E-state index in [-0.39, 0.29) is 19.2 Å². The van der Waals surface area contributed by atoms with Gasteiger partial charge in [-0.15, -0.1) is 0 Å². The maximum atomic E-state index is 13.2. The second kappa shape index (κ2) is 12.6. The number of hydrogen-bond acceptors (Lipinski definition) is 9. The Bertz CT molecular complexity index is 812. The first kappa shape index (κ1) is 25.1. The maximum absolute atomic E-state index is 13.2. The van der Waals surface area contributed by atoms with Crippen LogP contribution < -0.4 is 14.2 Å². The van der Waals surface area contributed by atoms with Gasteiger partial charge in [0.1, 0.15) is 5.75 Å². The van der Waals surface area contributed by atoms with Gasteiger partial charge in [0, 0.05) is 0 Å². The molecule has 0 aliphatic carbocycles. The van der Waals surface area contributed by atoms with Gasteiger partial charge in [-0.1, -0.05) is 38.8 Å². The number of hydrogen-bond donors (Lipinski definition) is 1. The SMILES string of the molecule is CCCCOP(=O)(OCCCC)C(O)c1ccc(Oc2nc(OC)cc(OC)n2)cc1. The molecule has 0 fully saturated rings. The fraction of sp³-hybridized carbons (Fsp3) is 0.524. The molecule has 0 saturated heterocycles. The lowest BCUT2D eigenvalue weighted by molar-refractivity contribution is 0.139. The minimum Gasteiger partial charge on any atom is -0.481 e. The van der Waals surface area contributed by atoms with E-state index in [1.165, 1.54) is 20.3 Å². The van der Waals surface area contributed by atoms with Gasteiger partial charge in [0.15, 0.2) is 5.85 Å². The molecule has 1 unspecified atom stereocenters. The molecule has 1 aromatic heterocycles. The van der Waals surface area contributed by atoms with E-state index in [1.807, 2.05) is 13.8 Å². The monoisotopic (exact) mass is 454 g/mol. The van der Waals surface area contributed by atoms with Crippen LogP contribution >= 0.6 is 7.60 Å². The lowest BCUT2D eigenvalue weighted by Crippen LogP contribution is -2.08. The molecular formula is C21H31N2O7P. The summed E-state index contributed by atoms with van der Waals surface area (Å²) in [4.78, 5) is 8.21.